The fourth-order valence-corrected chi connectivity index (χ4v) is 1.88. The first kappa shape index (κ1) is 14.8. The third-order valence-corrected chi connectivity index (χ3v) is 3.23. The summed E-state index contributed by atoms with van der Waals surface area (Å²) in [6.07, 6.45) is 1.04. The molecule has 3 N–H and O–H groups in total. The van der Waals surface area contributed by atoms with Crippen LogP contribution in [0.4, 0.5) is 5.69 Å². The zero-order valence-electron chi connectivity index (χ0n) is 11.0. The number of nitrogens with two attached hydrogens (primary N) is 1. The van der Waals surface area contributed by atoms with Crippen molar-refractivity contribution in [3.8, 4) is 0 Å². The number of hydrazine groups is 1. The first-order valence-electron chi connectivity index (χ1n) is 6.01. The molecule has 0 saturated heterocycles. The van der Waals surface area contributed by atoms with Gasteiger partial charge in [-0.2, -0.15) is 0 Å². The Labute approximate surface area is 113 Å². The van der Waals surface area contributed by atoms with E-state index < -0.39 is 0 Å². The average Bonchev–Trinajstić information content (AvgIpc) is 2.37. The molecule has 0 radical (unpaired) electrons. The number of nitrogens with zero attached hydrogens (tertiary/aromatic N) is 1. The molecule has 4 nitrogen and oxygen atoms in total. The molecule has 1 atom stereocenters. The third-order valence-electron chi connectivity index (χ3n) is 3.00. The Bertz CT molecular complexity index is 423. The van der Waals surface area contributed by atoms with E-state index in [0.29, 0.717) is 28.7 Å². The first-order valence-corrected chi connectivity index (χ1v) is 6.39. The van der Waals surface area contributed by atoms with Gasteiger partial charge in [-0.25, -0.2) is 0 Å². The second kappa shape index (κ2) is 6.61. The highest BCUT2D eigenvalue weighted by Crippen LogP contribution is 2.21. The summed E-state index contributed by atoms with van der Waals surface area (Å²) in [4.78, 5) is 14.0. The first-order chi connectivity index (χ1) is 8.49. The normalized spacial score (nSPS) is 12.1. The lowest BCUT2D eigenvalue weighted by atomic mass is 10.1. The second-order valence-corrected chi connectivity index (χ2v) is 4.97. The molecule has 0 aliphatic heterocycles. The van der Waals surface area contributed by atoms with Gasteiger partial charge in [0.1, 0.15) is 0 Å². The predicted octanol–water partition coefficient (Wildman–Crippen LogP) is 2.74. The summed E-state index contributed by atoms with van der Waals surface area (Å²) >= 11 is 5.92. The number of halogens is 1. The number of nitrogen functional groups attached to an aromatic ring is 1. The average molecular weight is 270 g/mol. The molecule has 0 spiro atoms. The number of carbonyl (C=O) groups excluding carboxylic acids is 1. The largest absolute Gasteiger partial charge is 0.341 e. The van der Waals surface area contributed by atoms with Gasteiger partial charge in [-0.3, -0.25) is 10.6 Å². The third kappa shape index (κ3) is 3.62. The van der Waals surface area contributed by atoms with Gasteiger partial charge in [0.2, 0.25) is 0 Å². The zero-order valence-corrected chi connectivity index (χ0v) is 11.8. The molecule has 1 amide bonds. The predicted molar refractivity (Wildman–Crippen MR) is 75.7 cm³/mol. The molecule has 1 aromatic carbocycles. The number of rotatable bonds is 5. The quantitative estimate of drug-likeness (QED) is 0.638. The van der Waals surface area contributed by atoms with Gasteiger partial charge in [-0.15, -0.1) is 0 Å². The number of hydrogen-bond donors (Lipinski definition) is 2. The maximum Gasteiger partial charge on any atom is 0.255 e. The molecule has 0 bridgehead atoms. The Hall–Kier alpha value is -1.26. The molecule has 0 heterocycles. The molecule has 1 unspecified atom stereocenters. The molecule has 5 heteroatoms. The summed E-state index contributed by atoms with van der Waals surface area (Å²) in [5, 5.41) is 0.522. The second-order valence-electron chi connectivity index (χ2n) is 4.53. The van der Waals surface area contributed by atoms with Crippen LogP contribution >= 0.6 is 11.6 Å². The Balaban J connectivity index is 2.92. The van der Waals surface area contributed by atoms with Crippen molar-refractivity contribution in [1.29, 1.82) is 0 Å². The van der Waals surface area contributed by atoms with E-state index in [0.717, 1.165) is 6.42 Å². The summed E-state index contributed by atoms with van der Waals surface area (Å²) in [6.45, 7) is 4.94. The van der Waals surface area contributed by atoms with E-state index in [-0.39, 0.29) is 5.91 Å². The van der Waals surface area contributed by atoms with E-state index in [9.17, 15) is 4.79 Å². The summed E-state index contributed by atoms with van der Waals surface area (Å²) in [6, 6.07) is 5.03. The lowest BCUT2D eigenvalue weighted by Crippen LogP contribution is -2.31. The molecule has 0 saturated carbocycles. The number of benzene rings is 1. The number of carbonyl (C=O) groups is 1. The van der Waals surface area contributed by atoms with E-state index in [1.165, 1.54) is 0 Å². The minimum Gasteiger partial charge on any atom is -0.341 e. The van der Waals surface area contributed by atoms with Crippen molar-refractivity contribution in [3.63, 3.8) is 0 Å². The standard InChI is InChI=1S/C13H20ClN3O/c1-4-9(2)8-17(3)13(18)11-7-10(14)5-6-12(11)16-15/h5-7,9,16H,4,8,15H2,1-3H3. The Morgan fingerprint density at radius 1 is 1.56 bits per heavy atom. The van der Waals surface area contributed by atoms with Crippen LogP contribution in [0, 0.1) is 5.92 Å². The van der Waals surface area contributed by atoms with Crippen LogP contribution in [0.1, 0.15) is 30.6 Å². The fraction of sp³-hybridized carbons (Fsp3) is 0.462. The van der Waals surface area contributed by atoms with Gasteiger partial charge in [0.15, 0.2) is 0 Å². The fourth-order valence-electron chi connectivity index (χ4n) is 1.70. The Kier molecular flexibility index (Phi) is 5.44. The van der Waals surface area contributed by atoms with E-state index in [4.69, 9.17) is 17.4 Å². The molecular weight excluding hydrogens is 250 g/mol. The zero-order chi connectivity index (χ0) is 13.7. The molecular formula is C13H20ClN3O. The van der Waals surface area contributed by atoms with Crippen LogP contribution in [0.15, 0.2) is 18.2 Å². The van der Waals surface area contributed by atoms with Crippen LogP contribution in [-0.4, -0.2) is 24.4 Å². The summed E-state index contributed by atoms with van der Waals surface area (Å²) in [7, 11) is 1.79. The Morgan fingerprint density at radius 3 is 2.78 bits per heavy atom. The van der Waals surface area contributed by atoms with Gasteiger partial charge in [0.25, 0.3) is 5.91 Å². The number of anilines is 1. The summed E-state index contributed by atoms with van der Waals surface area (Å²) in [5.41, 5.74) is 3.60. The Morgan fingerprint density at radius 2 is 2.22 bits per heavy atom. The lowest BCUT2D eigenvalue weighted by Gasteiger charge is -2.22. The van der Waals surface area contributed by atoms with Crippen molar-refractivity contribution in [1.82, 2.24) is 4.90 Å². The highest BCUT2D eigenvalue weighted by molar-refractivity contribution is 6.31. The molecule has 0 aromatic heterocycles. The highest BCUT2D eigenvalue weighted by atomic mass is 35.5. The number of hydrogen-bond acceptors (Lipinski definition) is 3. The van der Waals surface area contributed by atoms with Crippen molar-refractivity contribution >= 4 is 23.2 Å². The molecule has 0 fully saturated rings. The van der Waals surface area contributed by atoms with Gasteiger partial charge >= 0.3 is 0 Å². The number of nitrogens with one attached hydrogen (secondary N) is 1. The van der Waals surface area contributed by atoms with E-state index in [1.54, 1.807) is 30.1 Å². The SMILES string of the molecule is CCC(C)CN(C)C(=O)c1cc(Cl)ccc1NN. The van der Waals surface area contributed by atoms with E-state index in [1.807, 2.05) is 0 Å². The van der Waals surface area contributed by atoms with Crippen molar-refractivity contribution in [2.75, 3.05) is 19.0 Å². The number of amides is 1. The minimum atomic E-state index is -0.0780. The van der Waals surface area contributed by atoms with Crippen molar-refractivity contribution in [3.05, 3.63) is 28.8 Å². The maximum atomic E-state index is 12.3. The van der Waals surface area contributed by atoms with Crippen molar-refractivity contribution in [2.24, 2.45) is 11.8 Å². The summed E-state index contributed by atoms with van der Waals surface area (Å²) in [5.74, 6) is 5.79. The van der Waals surface area contributed by atoms with Crippen LogP contribution in [0.5, 0.6) is 0 Å². The molecule has 1 aromatic rings. The molecule has 1 rings (SSSR count). The van der Waals surface area contributed by atoms with Gasteiger partial charge in [-0.05, 0) is 24.1 Å². The van der Waals surface area contributed by atoms with Gasteiger partial charge in [0, 0.05) is 18.6 Å². The minimum absolute atomic E-state index is 0.0780. The highest BCUT2D eigenvalue weighted by Gasteiger charge is 2.17. The molecule has 100 valence electrons. The van der Waals surface area contributed by atoms with Gasteiger partial charge < -0.3 is 10.3 Å². The van der Waals surface area contributed by atoms with Crippen LogP contribution in [0.3, 0.4) is 0 Å². The molecule has 0 aliphatic rings. The van der Waals surface area contributed by atoms with Crippen LogP contribution in [-0.2, 0) is 0 Å². The van der Waals surface area contributed by atoms with Gasteiger partial charge in [-0.1, -0.05) is 31.9 Å². The van der Waals surface area contributed by atoms with Crippen LogP contribution < -0.4 is 11.3 Å². The van der Waals surface area contributed by atoms with Crippen LogP contribution in [0.2, 0.25) is 5.02 Å². The van der Waals surface area contributed by atoms with E-state index >= 15 is 0 Å². The topological polar surface area (TPSA) is 58.4 Å². The molecule has 0 aliphatic carbocycles. The van der Waals surface area contributed by atoms with Crippen molar-refractivity contribution in [2.45, 2.75) is 20.3 Å². The monoisotopic (exact) mass is 269 g/mol. The summed E-state index contributed by atoms with van der Waals surface area (Å²) < 4.78 is 0. The lowest BCUT2D eigenvalue weighted by molar-refractivity contribution is 0.0776. The van der Waals surface area contributed by atoms with Crippen molar-refractivity contribution < 1.29 is 4.79 Å². The maximum absolute atomic E-state index is 12.3. The van der Waals surface area contributed by atoms with Crippen LogP contribution in [0.25, 0.3) is 0 Å². The smallest absolute Gasteiger partial charge is 0.255 e. The van der Waals surface area contributed by atoms with E-state index in [2.05, 4.69) is 19.3 Å². The van der Waals surface area contributed by atoms with Gasteiger partial charge in [0.05, 0.1) is 11.3 Å². The molecule has 18 heavy (non-hydrogen) atoms.